The molecule has 0 spiro atoms. The van der Waals surface area contributed by atoms with E-state index in [-0.39, 0.29) is 6.04 Å². The fourth-order valence-corrected chi connectivity index (χ4v) is 1.73. The minimum absolute atomic E-state index is 0.0753. The van der Waals surface area contributed by atoms with Crippen LogP contribution >= 0.6 is 0 Å². The first-order chi connectivity index (χ1) is 9.29. The molecule has 1 unspecified atom stereocenters. The van der Waals surface area contributed by atoms with Crippen molar-refractivity contribution < 1.29 is 4.42 Å². The Bertz CT molecular complexity index is 485. The van der Waals surface area contributed by atoms with E-state index in [1.165, 1.54) is 5.56 Å². The Morgan fingerprint density at radius 3 is 3.00 bits per heavy atom. The van der Waals surface area contributed by atoms with E-state index < -0.39 is 0 Å². The van der Waals surface area contributed by atoms with Crippen LogP contribution in [-0.4, -0.2) is 28.3 Å². The summed E-state index contributed by atoms with van der Waals surface area (Å²) in [6.45, 7) is 5.65. The molecule has 102 valence electrons. The van der Waals surface area contributed by atoms with Crippen LogP contribution in [0, 0.1) is 0 Å². The first-order valence-electron chi connectivity index (χ1n) is 6.49. The third kappa shape index (κ3) is 4.03. The first-order valence-corrected chi connectivity index (χ1v) is 6.49. The molecular weight excluding hydrogens is 242 g/mol. The Labute approximate surface area is 112 Å². The van der Waals surface area contributed by atoms with Gasteiger partial charge in [0.05, 0.1) is 6.04 Å². The van der Waals surface area contributed by atoms with Gasteiger partial charge in [-0.1, -0.05) is 18.1 Å². The predicted molar refractivity (Wildman–Crippen MR) is 72.8 cm³/mol. The summed E-state index contributed by atoms with van der Waals surface area (Å²) < 4.78 is 5.52. The highest BCUT2D eigenvalue weighted by molar-refractivity contribution is 5.19. The van der Waals surface area contributed by atoms with E-state index in [1.807, 2.05) is 32.2 Å². The zero-order chi connectivity index (χ0) is 13.5. The molecule has 19 heavy (non-hydrogen) atoms. The molecule has 2 N–H and O–H groups in total. The topological polar surface area (TPSA) is 75.9 Å². The average molecular weight is 261 g/mol. The number of nitrogens with one attached hydrogen (secondary N) is 2. The minimum atomic E-state index is 0.0753. The van der Waals surface area contributed by atoms with Gasteiger partial charge in [-0.15, -0.1) is 5.10 Å². The number of anilines is 1. The second kappa shape index (κ2) is 6.84. The quantitative estimate of drug-likeness (QED) is 0.791. The van der Waals surface area contributed by atoms with Crippen molar-refractivity contribution in [2.45, 2.75) is 26.3 Å². The number of hydrogen-bond donors (Lipinski definition) is 2. The largest absolute Gasteiger partial charge is 0.406 e. The van der Waals surface area contributed by atoms with E-state index in [1.54, 1.807) is 6.20 Å². The van der Waals surface area contributed by atoms with Gasteiger partial charge in [0.15, 0.2) is 0 Å². The second-order valence-electron chi connectivity index (χ2n) is 4.26. The van der Waals surface area contributed by atoms with Crippen LogP contribution < -0.4 is 10.6 Å². The number of rotatable bonds is 7. The van der Waals surface area contributed by atoms with Gasteiger partial charge in [-0.25, -0.2) is 0 Å². The standard InChI is InChI=1S/C13H19N5O/c1-3-15-10(2)12-17-18-13(19-12)16-8-6-11-5-4-7-14-9-11/h4-5,7,9-10,15H,3,6,8H2,1-2H3,(H,16,18). The Morgan fingerprint density at radius 1 is 1.37 bits per heavy atom. The molecule has 0 bridgehead atoms. The molecule has 0 aliphatic heterocycles. The molecule has 0 radical (unpaired) electrons. The maximum Gasteiger partial charge on any atom is 0.315 e. The van der Waals surface area contributed by atoms with E-state index in [0.29, 0.717) is 11.9 Å². The highest BCUT2D eigenvalue weighted by atomic mass is 16.4. The lowest BCUT2D eigenvalue weighted by molar-refractivity contribution is 0.429. The van der Waals surface area contributed by atoms with Gasteiger partial charge < -0.3 is 15.1 Å². The first kappa shape index (κ1) is 13.5. The summed E-state index contributed by atoms with van der Waals surface area (Å²) in [6.07, 6.45) is 4.49. The molecule has 6 nitrogen and oxygen atoms in total. The third-order valence-electron chi connectivity index (χ3n) is 2.73. The van der Waals surface area contributed by atoms with E-state index in [4.69, 9.17) is 4.42 Å². The van der Waals surface area contributed by atoms with Crippen molar-refractivity contribution in [3.63, 3.8) is 0 Å². The van der Waals surface area contributed by atoms with Gasteiger partial charge in [-0.2, -0.15) is 0 Å². The van der Waals surface area contributed by atoms with Crippen LogP contribution in [0.4, 0.5) is 6.01 Å². The Balaban J connectivity index is 1.80. The van der Waals surface area contributed by atoms with E-state index >= 15 is 0 Å². The Hall–Kier alpha value is -1.95. The van der Waals surface area contributed by atoms with Crippen LogP contribution in [0.15, 0.2) is 28.9 Å². The molecular formula is C13H19N5O. The van der Waals surface area contributed by atoms with E-state index in [0.717, 1.165) is 19.5 Å². The molecule has 0 aliphatic carbocycles. The number of nitrogens with zero attached hydrogens (tertiary/aromatic N) is 3. The van der Waals surface area contributed by atoms with Gasteiger partial charge in [-0.05, 0) is 31.5 Å². The maximum absolute atomic E-state index is 5.52. The summed E-state index contributed by atoms with van der Waals surface area (Å²) >= 11 is 0. The summed E-state index contributed by atoms with van der Waals surface area (Å²) in [5, 5.41) is 14.3. The van der Waals surface area contributed by atoms with Crippen LogP contribution in [0.25, 0.3) is 0 Å². The van der Waals surface area contributed by atoms with Crippen LogP contribution in [0.2, 0.25) is 0 Å². The zero-order valence-corrected chi connectivity index (χ0v) is 11.3. The van der Waals surface area contributed by atoms with Crippen molar-refractivity contribution >= 4 is 6.01 Å². The Kier molecular flexibility index (Phi) is 4.85. The fraction of sp³-hybridized carbons (Fsp3) is 0.462. The maximum atomic E-state index is 5.52. The fourth-order valence-electron chi connectivity index (χ4n) is 1.73. The lowest BCUT2D eigenvalue weighted by Gasteiger charge is -2.06. The number of hydrogen-bond acceptors (Lipinski definition) is 6. The summed E-state index contributed by atoms with van der Waals surface area (Å²) in [7, 11) is 0. The van der Waals surface area contributed by atoms with Gasteiger partial charge in [-0.3, -0.25) is 4.98 Å². The van der Waals surface area contributed by atoms with Gasteiger partial charge in [0.2, 0.25) is 5.89 Å². The molecule has 6 heteroatoms. The lowest BCUT2D eigenvalue weighted by Crippen LogP contribution is -2.17. The van der Waals surface area contributed by atoms with Crippen LogP contribution in [0.1, 0.15) is 31.3 Å². The van der Waals surface area contributed by atoms with Crippen molar-refractivity contribution in [3.05, 3.63) is 36.0 Å². The highest BCUT2D eigenvalue weighted by Gasteiger charge is 2.12. The van der Waals surface area contributed by atoms with Crippen LogP contribution in [0.3, 0.4) is 0 Å². The summed E-state index contributed by atoms with van der Waals surface area (Å²) in [5.74, 6) is 0.603. The average Bonchev–Trinajstić information content (AvgIpc) is 2.89. The molecule has 0 saturated carbocycles. The monoisotopic (exact) mass is 261 g/mol. The number of pyridine rings is 1. The highest BCUT2D eigenvalue weighted by Crippen LogP contribution is 2.13. The number of aromatic nitrogens is 3. The van der Waals surface area contributed by atoms with E-state index in [9.17, 15) is 0 Å². The molecule has 2 heterocycles. The van der Waals surface area contributed by atoms with Gasteiger partial charge in [0.1, 0.15) is 0 Å². The van der Waals surface area contributed by atoms with Crippen molar-refractivity contribution in [2.24, 2.45) is 0 Å². The summed E-state index contributed by atoms with van der Waals surface area (Å²) in [5.41, 5.74) is 1.18. The lowest BCUT2D eigenvalue weighted by atomic mass is 10.2. The minimum Gasteiger partial charge on any atom is -0.406 e. The van der Waals surface area contributed by atoms with Crippen molar-refractivity contribution in [3.8, 4) is 0 Å². The van der Waals surface area contributed by atoms with Crippen LogP contribution in [-0.2, 0) is 6.42 Å². The third-order valence-corrected chi connectivity index (χ3v) is 2.73. The van der Waals surface area contributed by atoms with E-state index in [2.05, 4.69) is 25.8 Å². The van der Waals surface area contributed by atoms with Crippen molar-refractivity contribution in [1.82, 2.24) is 20.5 Å². The predicted octanol–water partition coefficient (Wildman–Crippen LogP) is 1.79. The Morgan fingerprint density at radius 2 is 2.26 bits per heavy atom. The smallest absolute Gasteiger partial charge is 0.315 e. The molecule has 0 saturated heterocycles. The second-order valence-corrected chi connectivity index (χ2v) is 4.26. The normalized spacial score (nSPS) is 12.3. The zero-order valence-electron chi connectivity index (χ0n) is 11.3. The van der Waals surface area contributed by atoms with Gasteiger partial charge in [0.25, 0.3) is 0 Å². The molecule has 0 aliphatic rings. The van der Waals surface area contributed by atoms with Gasteiger partial charge in [0, 0.05) is 18.9 Å². The summed E-state index contributed by atoms with van der Waals surface area (Å²) in [4.78, 5) is 4.07. The molecule has 0 fully saturated rings. The van der Waals surface area contributed by atoms with Gasteiger partial charge >= 0.3 is 6.01 Å². The van der Waals surface area contributed by atoms with Crippen molar-refractivity contribution in [1.29, 1.82) is 0 Å². The molecule has 2 aromatic rings. The summed E-state index contributed by atoms with van der Waals surface area (Å²) in [6, 6.07) is 4.51. The molecule has 2 aromatic heterocycles. The molecule has 2 rings (SSSR count). The molecule has 0 aromatic carbocycles. The van der Waals surface area contributed by atoms with Crippen molar-refractivity contribution in [2.75, 3.05) is 18.4 Å². The van der Waals surface area contributed by atoms with Crippen LogP contribution in [0.5, 0.6) is 0 Å². The molecule has 0 amide bonds. The SMILES string of the molecule is CCNC(C)c1nnc(NCCc2cccnc2)o1. The molecule has 1 atom stereocenters.